The summed E-state index contributed by atoms with van der Waals surface area (Å²) >= 11 is 6.17. The van der Waals surface area contributed by atoms with Crippen LogP contribution in [0.2, 0.25) is 5.02 Å². The molecule has 1 atom stereocenters. The standard InChI is InChI=1S/C17H24ClN5/c1-3-19-17(21-12-15-7-4-5-8-16(15)18)20-11-14(2)13-23-10-6-9-22-23/h4-10,14H,3,11-13H2,1-2H3,(H2,19,20,21). The predicted octanol–water partition coefficient (Wildman–Crippen LogP) is 2.93. The Morgan fingerprint density at radius 2 is 2.13 bits per heavy atom. The molecule has 0 saturated heterocycles. The van der Waals surface area contributed by atoms with Crippen LogP contribution >= 0.6 is 11.6 Å². The van der Waals surface area contributed by atoms with Gasteiger partial charge in [0.15, 0.2) is 5.96 Å². The zero-order valence-electron chi connectivity index (χ0n) is 13.7. The fraction of sp³-hybridized carbons (Fsp3) is 0.412. The van der Waals surface area contributed by atoms with Gasteiger partial charge in [0, 0.05) is 37.1 Å². The Balaban J connectivity index is 1.87. The van der Waals surface area contributed by atoms with Crippen molar-refractivity contribution < 1.29 is 0 Å². The molecule has 1 unspecified atom stereocenters. The van der Waals surface area contributed by atoms with E-state index in [1.54, 1.807) is 6.20 Å². The second kappa shape index (κ2) is 9.20. The molecule has 2 aromatic rings. The first-order chi connectivity index (χ1) is 11.2. The molecule has 2 rings (SSSR count). The minimum Gasteiger partial charge on any atom is -0.357 e. The Kier molecular flexibility index (Phi) is 6.94. The lowest BCUT2D eigenvalue weighted by atomic mass is 10.2. The summed E-state index contributed by atoms with van der Waals surface area (Å²) in [6, 6.07) is 9.73. The van der Waals surface area contributed by atoms with E-state index >= 15 is 0 Å². The van der Waals surface area contributed by atoms with Gasteiger partial charge in [-0.1, -0.05) is 36.7 Å². The zero-order valence-corrected chi connectivity index (χ0v) is 14.4. The number of guanidine groups is 1. The smallest absolute Gasteiger partial charge is 0.191 e. The summed E-state index contributed by atoms with van der Waals surface area (Å²) in [7, 11) is 0. The van der Waals surface area contributed by atoms with Gasteiger partial charge in [-0.15, -0.1) is 0 Å². The summed E-state index contributed by atoms with van der Waals surface area (Å²) in [4.78, 5) is 4.60. The molecular weight excluding hydrogens is 310 g/mol. The monoisotopic (exact) mass is 333 g/mol. The van der Waals surface area contributed by atoms with Gasteiger partial charge in [0.2, 0.25) is 0 Å². The van der Waals surface area contributed by atoms with Gasteiger partial charge in [-0.3, -0.25) is 4.68 Å². The summed E-state index contributed by atoms with van der Waals surface area (Å²) in [5, 5.41) is 11.6. The van der Waals surface area contributed by atoms with Crippen LogP contribution in [0.5, 0.6) is 0 Å². The van der Waals surface area contributed by atoms with Gasteiger partial charge >= 0.3 is 0 Å². The van der Waals surface area contributed by atoms with Gasteiger partial charge in [-0.2, -0.15) is 5.10 Å². The summed E-state index contributed by atoms with van der Waals surface area (Å²) in [5.41, 5.74) is 1.02. The Labute approximate surface area is 142 Å². The molecule has 0 saturated carbocycles. The number of halogens is 1. The summed E-state index contributed by atoms with van der Waals surface area (Å²) in [5.74, 6) is 1.25. The highest BCUT2D eigenvalue weighted by atomic mass is 35.5. The maximum absolute atomic E-state index is 6.17. The molecular formula is C17H24ClN5. The van der Waals surface area contributed by atoms with Crippen molar-refractivity contribution in [3.05, 3.63) is 53.3 Å². The van der Waals surface area contributed by atoms with Gasteiger partial charge in [0.05, 0.1) is 6.54 Å². The van der Waals surface area contributed by atoms with Crippen LogP contribution in [0.1, 0.15) is 19.4 Å². The molecule has 0 radical (unpaired) electrons. The van der Waals surface area contributed by atoms with E-state index in [2.05, 4.69) is 34.6 Å². The molecule has 0 aliphatic heterocycles. The van der Waals surface area contributed by atoms with E-state index in [1.807, 2.05) is 41.2 Å². The lowest BCUT2D eigenvalue weighted by Crippen LogP contribution is -2.40. The Morgan fingerprint density at radius 1 is 1.30 bits per heavy atom. The van der Waals surface area contributed by atoms with E-state index in [-0.39, 0.29) is 0 Å². The summed E-state index contributed by atoms with van der Waals surface area (Å²) in [6.07, 6.45) is 3.78. The third-order valence-corrected chi connectivity index (χ3v) is 3.75. The summed E-state index contributed by atoms with van der Waals surface area (Å²) < 4.78 is 1.94. The van der Waals surface area contributed by atoms with Gasteiger partial charge in [-0.05, 0) is 30.5 Å². The van der Waals surface area contributed by atoms with E-state index in [0.717, 1.165) is 36.2 Å². The number of rotatable bonds is 7. The van der Waals surface area contributed by atoms with Gasteiger partial charge in [-0.25, -0.2) is 4.99 Å². The van der Waals surface area contributed by atoms with Crippen molar-refractivity contribution in [1.29, 1.82) is 0 Å². The van der Waals surface area contributed by atoms with Crippen LogP contribution in [-0.4, -0.2) is 28.8 Å². The lowest BCUT2D eigenvalue weighted by molar-refractivity contribution is 0.443. The Hall–Kier alpha value is -2.01. The van der Waals surface area contributed by atoms with Crippen LogP contribution in [0.15, 0.2) is 47.7 Å². The molecule has 23 heavy (non-hydrogen) atoms. The lowest BCUT2D eigenvalue weighted by Gasteiger charge is -2.16. The van der Waals surface area contributed by atoms with E-state index in [1.165, 1.54) is 0 Å². The summed E-state index contributed by atoms with van der Waals surface area (Å²) in [6.45, 7) is 7.33. The van der Waals surface area contributed by atoms with Crippen molar-refractivity contribution in [2.45, 2.75) is 26.9 Å². The predicted molar refractivity (Wildman–Crippen MR) is 95.7 cm³/mol. The van der Waals surface area contributed by atoms with Crippen LogP contribution < -0.4 is 10.6 Å². The van der Waals surface area contributed by atoms with Crippen molar-refractivity contribution in [2.24, 2.45) is 10.9 Å². The molecule has 0 fully saturated rings. The van der Waals surface area contributed by atoms with Crippen molar-refractivity contribution in [1.82, 2.24) is 20.4 Å². The molecule has 0 spiro atoms. The van der Waals surface area contributed by atoms with Crippen molar-refractivity contribution in [3.63, 3.8) is 0 Å². The maximum atomic E-state index is 6.17. The second-order valence-corrected chi connectivity index (χ2v) is 5.91. The van der Waals surface area contributed by atoms with Crippen LogP contribution in [-0.2, 0) is 13.1 Å². The highest BCUT2D eigenvalue weighted by Gasteiger charge is 2.05. The normalized spacial score (nSPS) is 12.9. The SMILES string of the molecule is CCNC(=NCc1ccccc1Cl)NCC(C)Cn1cccn1. The van der Waals surface area contributed by atoms with Gasteiger partial charge in [0.1, 0.15) is 0 Å². The van der Waals surface area contributed by atoms with E-state index in [0.29, 0.717) is 12.5 Å². The fourth-order valence-electron chi connectivity index (χ4n) is 2.20. The average molecular weight is 334 g/mol. The zero-order chi connectivity index (χ0) is 16.5. The largest absolute Gasteiger partial charge is 0.357 e. The molecule has 1 heterocycles. The van der Waals surface area contributed by atoms with E-state index in [4.69, 9.17) is 11.6 Å². The highest BCUT2D eigenvalue weighted by molar-refractivity contribution is 6.31. The van der Waals surface area contributed by atoms with Gasteiger partial charge < -0.3 is 10.6 Å². The molecule has 0 aliphatic rings. The van der Waals surface area contributed by atoms with Crippen LogP contribution in [0, 0.1) is 5.92 Å². The minimum absolute atomic E-state index is 0.444. The van der Waals surface area contributed by atoms with Crippen LogP contribution in [0.3, 0.4) is 0 Å². The molecule has 124 valence electrons. The number of nitrogens with one attached hydrogen (secondary N) is 2. The van der Waals surface area contributed by atoms with E-state index in [9.17, 15) is 0 Å². The van der Waals surface area contributed by atoms with Crippen molar-refractivity contribution >= 4 is 17.6 Å². The topological polar surface area (TPSA) is 54.2 Å². The van der Waals surface area contributed by atoms with Crippen molar-refractivity contribution in [2.75, 3.05) is 13.1 Å². The molecule has 1 aromatic heterocycles. The second-order valence-electron chi connectivity index (χ2n) is 5.50. The number of aromatic nitrogens is 2. The first-order valence-corrected chi connectivity index (χ1v) is 8.30. The molecule has 6 heteroatoms. The van der Waals surface area contributed by atoms with Gasteiger partial charge in [0.25, 0.3) is 0 Å². The first-order valence-electron chi connectivity index (χ1n) is 7.92. The van der Waals surface area contributed by atoms with Crippen LogP contribution in [0.4, 0.5) is 0 Å². The number of hydrogen-bond donors (Lipinski definition) is 2. The molecule has 0 amide bonds. The number of nitrogens with zero attached hydrogens (tertiary/aromatic N) is 3. The number of aliphatic imine (C=N–C) groups is 1. The Bertz CT molecular complexity index is 609. The molecule has 2 N–H and O–H groups in total. The highest BCUT2D eigenvalue weighted by Crippen LogP contribution is 2.15. The van der Waals surface area contributed by atoms with E-state index < -0.39 is 0 Å². The average Bonchev–Trinajstić information content (AvgIpc) is 3.04. The maximum Gasteiger partial charge on any atom is 0.191 e. The first kappa shape index (κ1) is 17.3. The molecule has 5 nitrogen and oxygen atoms in total. The number of hydrogen-bond acceptors (Lipinski definition) is 2. The Morgan fingerprint density at radius 3 is 2.83 bits per heavy atom. The molecule has 1 aromatic carbocycles. The fourth-order valence-corrected chi connectivity index (χ4v) is 2.39. The third-order valence-electron chi connectivity index (χ3n) is 3.39. The third kappa shape index (κ3) is 5.94. The van der Waals surface area contributed by atoms with Crippen molar-refractivity contribution in [3.8, 4) is 0 Å². The molecule has 0 aliphatic carbocycles. The minimum atomic E-state index is 0.444. The van der Waals surface area contributed by atoms with Crippen LogP contribution in [0.25, 0.3) is 0 Å². The molecule has 0 bridgehead atoms. The quantitative estimate of drug-likeness (QED) is 0.605. The number of benzene rings is 1.